The van der Waals surface area contributed by atoms with Gasteiger partial charge in [-0.3, -0.25) is 4.90 Å². The lowest BCUT2D eigenvalue weighted by Gasteiger charge is -2.41. The van der Waals surface area contributed by atoms with Gasteiger partial charge >= 0.3 is 6.09 Å². The second-order valence-electron chi connectivity index (χ2n) is 7.76. The summed E-state index contributed by atoms with van der Waals surface area (Å²) in [5.74, 6) is 0. The van der Waals surface area contributed by atoms with Gasteiger partial charge in [-0.2, -0.15) is 0 Å². The number of hydrogen-bond acceptors (Lipinski definition) is 5. The van der Waals surface area contributed by atoms with Crippen LogP contribution in [0.15, 0.2) is 66.7 Å². The second kappa shape index (κ2) is 7.30. The highest BCUT2D eigenvalue weighted by atomic mass is 32.9. The monoisotopic (exact) mass is 449 g/mol. The molecule has 0 atom stereocenters. The van der Waals surface area contributed by atoms with Gasteiger partial charge < -0.3 is 4.74 Å². The predicted octanol–water partition coefficient (Wildman–Crippen LogP) is 7.75. The van der Waals surface area contributed by atoms with Crippen LogP contribution in [0.1, 0.15) is 24.3 Å². The molecule has 0 radical (unpaired) electrons. The number of anilines is 1. The van der Waals surface area contributed by atoms with Crippen LogP contribution in [0.3, 0.4) is 0 Å². The summed E-state index contributed by atoms with van der Waals surface area (Å²) < 4.78 is 6.73. The Morgan fingerprint density at radius 1 is 1.00 bits per heavy atom. The number of nitrogens with zero attached hydrogens (tertiary/aromatic N) is 1. The molecule has 0 spiro atoms. The zero-order valence-electron chi connectivity index (χ0n) is 16.5. The minimum absolute atomic E-state index is 0.223. The van der Waals surface area contributed by atoms with Gasteiger partial charge in [0.05, 0.1) is 16.1 Å². The highest BCUT2D eigenvalue weighted by molar-refractivity contribution is 7.80. The van der Waals surface area contributed by atoms with Crippen molar-refractivity contribution in [1.29, 1.82) is 0 Å². The minimum Gasteiger partial charge on any atom is -0.444 e. The van der Waals surface area contributed by atoms with Gasteiger partial charge in [-0.25, -0.2) is 4.79 Å². The van der Waals surface area contributed by atoms with E-state index < -0.39 is 5.54 Å². The van der Waals surface area contributed by atoms with Gasteiger partial charge in [0.1, 0.15) is 10.4 Å². The predicted molar refractivity (Wildman–Crippen MR) is 128 cm³/mol. The Balaban J connectivity index is 1.52. The van der Waals surface area contributed by atoms with Gasteiger partial charge in [0.2, 0.25) is 0 Å². The van der Waals surface area contributed by atoms with Crippen LogP contribution in [0.5, 0.6) is 0 Å². The van der Waals surface area contributed by atoms with Crippen molar-refractivity contribution in [2.24, 2.45) is 0 Å². The summed E-state index contributed by atoms with van der Waals surface area (Å²) in [6.07, 6.45) is -0.352. The summed E-state index contributed by atoms with van der Waals surface area (Å²) in [5, 5.41) is 2.24. The lowest BCUT2D eigenvalue weighted by atomic mass is 9.88. The maximum atomic E-state index is 13.4. The molecule has 0 fully saturated rings. The lowest BCUT2D eigenvalue weighted by Crippen LogP contribution is -2.48. The van der Waals surface area contributed by atoms with Crippen LogP contribution < -0.4 is 4.90 Å². The molecular formula is C24H19NO2S3. The first-order valence-corrected chi connectivity index (χ1v) is 12.2. The SMILES string of the molecule is CC1(C)c2ssc(=S)c2-c2ccccc2N1C(=O)OCc1cccc2ccccc12. The minimum atomic E-state index is -0.544. The smallest absolute Gasteiger partial charge is 0.415 e. The normalized spacial score (nSPS) is 14.3. The van der Waals surface area contributed by atoms with Crippen LogP contribution in [0.2, 0.25) is 0 Å². The van der Waals surface area contributed by atoms with Crippen LogP contribution in [-0.2, 0) is 16.9 Å². The van der Waals surface area contributed by atoms with Crippen molar-refractivity contribution in [3.8, 4) is 11.1 Å². The van der Waals surface area contributed by atoms with E-state index in [-0.39, 0.29) is 12.7 Å². The summed E-state index contributed by atoms with van der Waals surface area (Å²) in [4.78, 5) is 16.3. The van der Waals surface area contributed by atoms with Crippen molar-refractivity contribution < 1.29 is 9.53 Å². The number of para-hydroxylation sites is 1. The highest BCUT2D eigenvalue weighted by Gasteiger charge is 2.43. The van der Waals surface area contributed by atoms with Crippen molar-refractivity contribution in [3.63, 3.8) is 0 Å². The number of hydrogen-bond donors (Lipinski definition) is 0. The molecule has 30 heavy (non-hydrogen) atoms. The van der Waals surface area contributed by atoms with Gasteiger partial charge in [-0.1, -0.05) is 93.6 Å². The molecule has 0 bridgehead atoms. The average Bonchev–Trinajstić information content (AvgIpc) is 3.15. The Hall–Kier alpha value is -2.54. The van der Waals surface area contributed by atoms with E-state index in [9.17, 15) is 4.79 Å². The van der Waals surface area contributed by atoms with Crippen LogP contribution in [-0.4, -0.2) is 6.09 Å². The molecule has 0 unspecified atom stereocenters. The van der Waals surface area contributed by atoms with Crippen LogP contribution in [0.25, 0.3) is 21.9 Å². The van der Waals surface area contributed by atoms with Crippen LogP contribution >= 0.6 is 32.9 Å². The number of ether oxygens (including phenoxy) is 1. The molecule has 0 saturated heterocycles. The molecule has 6 heteroatoms. The maximum Gasteiger partial charge on any atom is 0.415 e. The number of fused-ring (bicyclic) bond motifs is 4. The summed E-state index contributed by atoms with van der Waals surface area (Å²) in [5.41, 5.74) is 3.37. The first-order valence-electron chi connectivity index (χ1n) is 9.65. The second-order valence-corrected chi connectivity index (χ2v) is 10.6. The van der Waals surface area contributed by atoms with Crippen molar-refractivity contribution in [1.82, 2.24) is 0 Å². The number of benzene rings is 3. The third-order valence-electron chi connectivity index (χ3n) is 5.57. The summed E-state index contributed by atoms with van der Waals surface area (Å²) in [6.45, 7) is 4.33. The van der Waals surface area contributed by atoms with Gasteiger partial charge in [0, 0.05) is 11.1 Å². The molecule has 2 heterocycles. The molecule has 0 N–H and O–H groups in total. The van der Waals surface area contributed by atoms with Crippen molar-refractivity contribution in [3.05, 3.63) is 81.0 Å². The van der Waals surface area contributed by atoms with Crippen molar-refractivity contribution in [2.75, 3.05) is 4.90 Å². The fourth-order valence-electron chi connectivity index (χ4n) is 4.13. The molecule has 0 saturated carbocycles. The quantitative estimate of drug-likeness (QED) is 0.231. The maximum absolute atomic E-state index is 13.4. The Morgan fingerprint density at radius 2 is 1.73 bits per heavy atom. The van der Waals surface area contributed by atoms with E-state index in [1.165, 1.54) is 0 Å². The number of amides is 1. The van der Waals surface area contributed by atoms with Crippen molar-refractivity contribution in [2.45, 2.75) is 26.0 Å². The first kappa shape index (κ1) is 19.4. The summed E-state index contributed by atoms with van der Waals surface area (Å²) in [7, 11) is 3.24. The van der Waals surface area contributed by atoms with Gasteiger partial charge in [0.25, 0.3) is 0 Å². The summed E-state index contributed by atoms with van der Waals surface area (Å²) >= 11 is 5.61. The molecule has 150 valence electrons. The van der Waals surface area contributed by atoms with Crippen LogP contribution in [0, 0.1) is 3.82 Å². The van der Waals surface area contributed by atoms with E-state index in [4.69, 9.17) is 17.0 Å². The zero-order valence-corrected chi connectivity index (χ0v) is 19.0. The van der Waals surface area contributed by atoms with Gasteiger partial charge in [-0.05, 0) is 36.2 Å². The molecule has 1 amide bonds. The Bertz CT molecular complexity index is 1330. The van der Waals surface area contributed by atoms with E-state index in [2.05, 4.69) is 32.0 Å². The lowest BCUT2D eigenvalue weighted by molar-refractivity contribution is 0.141. The summed E-state index contributed by atoms with van der Waals surface area (Å²) in [6, 6.07) is 22.1. The Kier molecular flexibility index (Phi) is 4.73. The number of carbonyl (C=O) groups is 1. The van der Waals surface area contributed by atoms with Gasteiger partial charge in [0.15, 0.2) is 0 Å². The van der Waals surface area contributed by atoms with E-state index >= 15 is 0 Å². The standard InChI is InChI=1S/C24H19NO2S3/c1-24(2)21-20(22(28)30-29-21)18-12-5-6-13-19(18)25(24)23(26)27-14-16-10-7-9-15-8-3-4-11-17(15)16/h3-13H,14H2,1-2H3. The van der Waals surface area contributed by atoms with E-state index in [0.717, 1.165) is 41.9 Å². The zero-order chi connectivity index (χ0) is 20.9. The first-order chi connectivity index (χ1) is 14.5. The third kappa shape index (κ3) is 2.98. The van der Waals surface area contributed by atoms with Crippen molar-refractivity contribution >= 4 is 55.5 Å². The molecule has 3 aromatic carbocycles. The topological polar surface area (TPSA) is 29.5 Å². The highest BCUT2D eigenvalue weighted by Crippen LogP contribution is 2.52. The average molecular weight is 450 g/mol. The largest absolute Gasteiger partial charge is 0.444 e. The Labute approximate surface area is 187 Å². The molecule has 0 aliphatic carbocycles. The molecular weight excluding hydrogens is 430 g/mol. The van der Waals surface area contributed by atoms with Gasteiger partial charge in [-0.15, -0.1) is 0 Å². The molecule has 4 aromatic rings. The van der Waals surface area contributed by atoms with Crippen LogP contribution in [0.4, 0.5) is 10.5 Å². The fourth-order valence-corrected chi connectivity index (χ4v) is 7.41. The third-order valence-corrected chi connectivity index (χ3v) is 8.90. The molecule has 1 aliphatic heterocycles. The molecule has 1 aromatic heterocycles. The molecule has 1 aliphatic rings. The van der Waals surface area contributed by atoms with E-state index in [0.29, 0.717) is 0 Å². The van der Waals surface area contributed by atoms with E-state index in [1.807, 2.05) is 48.5 Å². The number of rotatable bonds is 2. The molecule has 3 nitrogen and oxygen atoms in total. The number of carbonyl (C=O) groups excluding carboxylic acids is 1. The fraction of sp³-hybridized carbons (Fsp3) is 0.167. The Morgan fingerprint density at radius 3 is 2.60 bits per heavy atom. The van der Waals surface area contributed by atoms with E-state index in [1.54, 1.807) is 25.6 Å². The molecule has 5 rings (SSSR count).